The van der Waals surface area contributed by atoms with E-state index in [2.05, 4.69) is 16.0 Å². The van der Waals surface area contributed by atoms with E-state index in [-0.39, 0.29) is 30.5 Å². The van der Waals surface area contributed by atoms with Gasteiger partial charge in [0.1, 0.15) is 5.82 Å². The van der Waals surface area contributed by atoms with Crippen LogP contribution in [-0.4, -0.2) is 24.4 Å². The number of amides is 4. The molecule has 3 aromatic carbocycles. The third kappa shape index (κ3) is 4.92. The Kier molecular flexibility index (Phi) is 6.12. The van der Waals surface area contributed by atoms with E-state index in [1.807, 2.05) is 18.2 Å². The fourth-order valence-corrected chi connectivity index (χ4v) is 3.52. The summed E-state index contributed by atoms with van der Waals surface area (Å²) in [4.78, 5) is 38.5. The van der Waals surface area contributed by atoms with E-state index >= 15 is 0 Å². The molecular formula is C24H21FN4O3. The zero-order chi connectivity index (χ0) is 22.5. The number of rotatable bonds is 5. The van der Waals surface area contributed by atoms with Gasteiger partial charge in [0.2, 0.25) is 11.8 Å². The second-order valence-electron chi connectivity index (χ2n) is 7.37. The molecule has 3 N–H and O–H groups in total. The van der Waals surface area contributed by atoms with E-state index in [0.717, 1.165) is 0 Å². The smallest absolute Gasteiger partial charge is 0.323 e. The van der Waals surface area contributed by atoms with Crippen molar-refractivity contribution in [2.45, 2.75) is 6.42 Å². The topological polar surface area (TPSA) is 90.5 Å². The first kappa shape index (κ1) is 21.0. The lowest BCUT2D eigenvalue weighted by Crippen LogP contribution is -2.28. The highest BCUT2D eigenvalue weighted by atomic mass is 19.1. The molecule has 4 amide bonds. The number of nitrogens with zero attached hydrogens (tertiary/aromatic N) is 1. The lowest BCUT2D eigenvalue weighted by atomic mass is 10.1. The van der Waals surface area contributed by atoms with Gasteiger partial charge in [-0.05, 0) is 42.5 Å². The van der Waals surface area contributed by atoms with Gasteiger partial charge < -0.3 is 20.9 Å². The number of halogens is 1. The minimum absolute atomic E-state index is 0.00239. The molecule has 1 fully saturated rings. The van der Waals surface area contributed by atoms with Gasteiger partial charge >= 0.3 is 6.03 Å². The van der Waals surface area contributed by atoms with Gasteiger partial charge in [-0.25, -0.2) is 9.18 Å². The average Bonchev–Trinajstić information content (AvgIpc) is 3.16. The van der Waals surface area contributed by atoms with Gasteiger partial charge in [0.15, 0.2) is 0 Å². The van der Waals surface area contributed by atoms with Crippen molar-refractivity contribution in [3.8, 4) is 0 Å². The minimum Gasteiger partial charge on any atom is -0.326 e. The van der Waals surface area contributed by atoms with Crippen molar-refractivity contribution < 1.29 is 18.8 Å². The van der Waals surface area contributed by atoms with Crippen molar-refractivity contribution in [2.75, 3.05) is 27.4 Å². The third-order valence-electron chi connectivity index (χ3n) is 5.06. The van der Waals surface area contributed by atoms with Crippen LogP contribution in [-0.2, 0) is 9.59 Å². The fraction of sp³-hybridized carbons (Fsp3) is 0.125. The maximum Gasteiger partial charge on any atom is 0.323 e. The number of urea groups is 1. The van der Waals surface area contributed by atoms with Crippen molar-refractivity contribution >= 4 is 40.6 Å². The molecule has 3 aromatic rings. The van der Waals surface area contributed by atoms with Gasteiger partial charge in [-0.3, -0.25) is 9.59 Å². The largest absolute Gasteiger partial charge is 0.326 e. The van der Waals surface area contributed by atoms with E-state index in [1.165, 1.54) is 17.0 Å². The van der Waals surface area contributed by atoms with Gasteiger partial charge in [-0.15, -0.1) is 0 Å². The standard InChI is InChI=1S/C24H21FN4O3/c25-20-11-4-5-12-21(20)29-15-16(13-22(29)30)23(31)26-18-9-6-10-19(14-18)28-24(32)27-17-7-2-1-3-8-17/h1-12,14,16H,13,15H2,(H,26,31)(H2,27,28,32). The molecular weight excluding hydrogens is 411 g/mol. The molecule has 162 valence electrons. The van der Waals surface area contributed by atoms with Gasteiger partial charge in [-0.1, -0.05) is 36.4 Å². The van der Waals surface area contributed by atoms with Crippen molar-refractivity contribution in [1.29, 1.82) is 0 Å². The summed E-state index contributed by atoms with van der Waals surface area (Å²) in [7, 11) is 0. The molecule has 1 saturated heterocycles. The fourth-order valence-electron chi connectivity index (χ4n) is 3.52. The molecule has 32 heavy (non-hydrogen) atoms. The maximum absolute atomic E-state index is 14.0. The Hall–Kier alpha value is -4.20. The number of carbonyl (C=O) groups excluding carboxylic acids is 3. The van der Waals surface area contributed by atoms with Crippen LogP contribution in [0.25, 0.3) is 0 Å². The van der Waals surface area contributed by atoms with Crippen molar-refractivity contribution in [3.05, 3.63) is 84.7 Å². The predicted octanol–water partition coefficient (Wildman–Crippen LogP) is 4.46. The van der Waals surface area contributed by atoms with Gasteiger partial charge in [-0.2, -0.15) is 0 Å². The lowest BCUT2D eigenvalue weighted by Gasteiger charge is -2.17. The monoisotopic (exact) mass is 432 g/mol. The third-order valence-corrected chi connectivity index (χ3v) is 5.06. The summed E-state index contributed by atoms with van der Waals surface area (Å²) in [5.74, 6) is -1.76. The number of hydrogen-bond acceptors (Lipinski definition) is 3. The molecule has 1 aliphatic heterocycles. The highest BCUT2D eigenvalue weighted by molar-refractivity contribution is 6.04. The van der Waals surface area contributed by atoms with Crippen molar-refractivity contribution in [1.82, 2.24) is 0 Å². The van der Waals surface area contributed by atoms with Crippen molar-refractivity contribution in [2.24, 2.45) is 5.92 Å². The molecule has 1 atom stereocenters. The molecule has 4 rings (SSSR count). The maximum atomic E-state index is 14.0. The average molecular weight is 432 g/mol. The summed E-state index contributed by atoms with van der Waals surface area (Å²) in [6, 6.07) is 21.3. The Morgan fingerprint density at radius 1 is 0.812 bits per heavy atom. The summed E-state index contributed by atoms with van der Waals surface area (Å²) in [5, 5.41) is 8.20. The number of para-hydroxylation sites is 2. The van der Waals surface area contributed by atoms with Gasteiger partial charge in [0.25, 0.3) is 0 Å². The molecule has 0 saturated carbocycles. The summed E-state index contributed by atoms with van der Waals surface area (Å²) < 4.78 is 14.0. The zero-order valence-corrected chi connectivity index (χ0v) is 17.0. The first-order valence-electron chi connectivity index (χ1n) is 10.1. The van der Waals surface area contributed by atoms with Crippen LogP contribution in [0.4, 0.5) is 31.9 Å². The van der Waals surface area contributed by atoms with Crippen LogP contribution in [0.1, 0.15) is 6.42 Å². The quantitative estimate of drug-likeness (QED) is 0.556. The van der Waals surface area contributed by atoms with Gasteiger partial charge in [0.05, 0.1) is 11.6 Å². The Morgan fingerprint density at radius 2 is 1.44 bits per heavy atom. The second-order valence-corrected chi connectivity index (χ2v) is 7.37. The zero-order valence-electron chi connectivity index (χ0n) is 17.0. The summed E-state index contributed by atoms with van der Waals surface area (Å²) in [6.45, 7) is 0.100. The molecule has 1 heterocycles. The van der Waals surface area contributed by atoms with Crippen LogP contribution in [0, 0.1) is 11.7 Å². The minimum atomic E-state index is -0.611. The SMILES string of the molecule is O=C(Nc1ccccc1)Nc1cccc(NC(=O)C2CC(=O)N(c3ccccc3F)C2)c1. The Labute approximate surface area is 184 Å². The number of hydrogen-bond donors (Lipinski definition) is 3. The number of nitrogens with one attached hydrogen (secondary N) is 3. The Balaban J connectivity index is 1.37. The molecule has 1 unspecified atom stereocenters. The molecule has 0 spiro atoms. The highest BCUT2D eigenvalue weighted by Crippen LogP contribution is 2.28. The van der Waals surface area contributed by atoms with E-state index in [9.17, 15) is 18.8 Å². The Morgan fingerprint density at radius 3 is 2.19 bits per heavy atom. The molecule has 0 bridgehead atoms. The van der Waals surface area contributed by atoms with E-state index < -0.39 is 17.8 Å². The van der Waals surface area contributed by atoms with Crippen LogP contribution in [0.5, 0.6) is 0 Å². The lowest BCUT2D eigenvalue weighted by molar-refractivity contribution is -0.122. The molecule has 8 heteroatoms. The normalized spacial score (nSPS) is 15.3. The predicted molar refractivity (Wildman–Crippen MR) is 121 cm³/mol. The summed E-state index contributed by atoms with van der Waals surface area (Å²) in [6.07, 6.45) is -0.00239. The van der Waals surface area contributed by atoms with Gasteiger partial charge in [0, 0.05) is 30.0 Å². The van der Waals surface area contributed by atoms with E-state index in [1.54, 1.807) is 48.5 Å². The first-order valence-corrected chi connectivity index (χ1v) is 10.1. The van der Waals surface area contributed by atoms with E-state index in [0.29, 0.717) is 17.1 Å². The van der Waals surface area contributed by atoms with Crippen LogP contribution in [0.2, 0.25) is 0 Å². The van der Waals surface area contributed by atoms with Crippen LogP contribution >= 0.6 is 0 Å². The van der Waals surface area contributed by atoms with Crippen LogP contribution < -0.4 is 20.9 Å². The molecule has 7 nitrogen and oxygen atoms in total. The van der Waals surface area contributed by atoms with Crippen LogP contribution in [0.15, 0.2) is 78.9 Å². The molecule has 0 aliphatic carbocycles. The summed E-state index contributed by atoms with van der Waals surface area (Å²) in [5.41, 5.74) is 1.79. The summed E-state index contributed by atoms with van der Waals surface area (Å²) >= 11 is 0. The molecule has 1 aliphatic rings. The van der Waals surface area contributed by atoms with Crippen molar-refractivity contribution in [3.63, 3.8) is 0 Å². The number of carbonyl (C=O) groups is 3. The van der Waals surface area contributed by atoms with E-state index in [4.69, 9.17) is 0 Å². The second kappa shape index (κ2) is 9.30. The number of anilines is 4. The molecule has 0 radical (unpaired) electrons. The van der Waals surface area contributed by atoms with Crippen LogP contribution in [0.3, 0.4) is 0 Å². The highest BCUT2D eigenvalue weighted by Gasteiger charge is 2.36. The molecule has 0 aromatic heterocycles. The first-order chi connectivity index (χ1) is 15.5. The Bertz CT molecular complexity index is 1150. The number of benzene rings is 3.